The van der Waals surface area contributed by atoms with Crippen LogP contribution in [0.1, 0.15) is 37.8 Å². The van der Waals surface area contributed by atoms with E-state index in [0.29, 0.717) is 11.8 Å². The molecule has 27 heavy (non-hydrogen) atoms. The van der Waals surface area contributed by atoms with Crippen molar-refractivity contribution in [1.29, 1.82) is 0 Å². The maximum Gasteiger partial charge on any atom is 0.225 e. The predicted molar refractivity (Wildman–Crippen MR) is 107 cm³/mol. The second kappa shape index (κ2) is 7.35. The lowest BCUT2D eigenvalue weighted by Crippen LogP contribution is -2.45. The molecule has 2 aromatic rings. The van der Waals surface area contributed by atoms with Gasteiger partial charge in [-0.15, -0.1) is 0 Å². The topological polar surface area (TPSA) is 64.3 Å². The summed E-state index contributed by atoms with van der Waals surface area (Å²) in [5.41, 5.74) is 9.58. The van der Waals surface area contributed by atoms with Crippen LogP contribution in [-0.4, -0.2) is 19.1 Å². The molecule has 0 saturated heterocycles. The number of carbonyl (C=O) groups is 1. The Labute approximate surface area is 161 Å². The lowest BCUT2D eigenvalue weighted by atomic mass is 9.84. The van der Waals surface area contributed by atoms with Gasteiger partial charge in [-0.05, 0) is 55.2 Å². The normalized spacial score (nSPS) is 27.4. The van der Waals surface area contributed by atoms with Crippen molar-refractivity contribution in [1.82, 2.24) is 5.32 Å². The Hall–Kier alpha value is -2.33. The average Bonchev–Trinajstić information content (AvgIpc) is 3.29. The van der Waals surface area contributed by atoms with Crippen LogP contribution in [0.4, 0.5) is 0 Å². The molecule has 2 saturated carbocycles. The molecule has 2 fully saturated rings. The SMILES string of the molecule is COc1ccccc1-c1ccc(C(C)NC(=O)C2C3CCC(C3)C2N)cc1. The number of hydrogen-bond donors (Lipinski definition) is 2. The van der Waals surface area contributed by atoms with E-state index in [9.17, 15) is 4.79 Å². The van der Waals surface area contributed by atoms with Crippen LogP contribution in [0.25, 0.3) is 11.1 Å². The van der Waals surface area contributed by atoms with Gasteiger partial charge < -0.3 is 15.8 Å². The summed E-state index contributed by atoms with van der Waals surface area (Å²) < 4.78 is 5.45. The highest BCUT2D eigenvalue weighted by Crippen LogP contribution is 2.47. The fourth-order valence-corrected chi connectivity index (χ4v) is 4.95. The minimum Gasteiger partial charge on any atom is -0.496 e. The Balaban J connectivity index is 1.45. The van der Waals surface area contributed by atoms with Gasteiger partial charge in [0.05, 0.1) is 19.1 Å². The summed E-state index contributed by atoms with van der Waals surface area (Å²) in [7, 11) is 1.69. The fraction of sp³-hybridized carbons (Fsp3) is 0.435. The molecule has 0 aliphatic heterocycles. The number of hydrogen-bond acceptors (Lipinski definition) is 3. The van der Waals surface area contributed by atoms with Crippen molar-refractivity contribution >= 4 is 5.91 Å². The summed E-state index contributed by atoms with van der Waals surface area (Å²) in [6.07, 6.45) is 3.47. The molecule has 4 nitrogen and oxygen atoms in total. The van der Waals surface area contributed by atoms with Crippen molar-refractivity contribution in [2.45, 2.75) is 38.3 Å². The monoisotopic (exact) mass is 364 g/mol. The van der Waals surface area contributed by atoms with E-state index in [-0.39, 0.29) is 23.9 Å². The smallest absolute Gasteiger partial charge is 0.225 e. The largest absolute Gasteiger partial charge is 0.496 e. The van der Waals surface area contributed by atoms with Crippen molar-refractivity contribution in [3.05, 3.63) is 54.1 Å². The van der Waals surface area contributed by atoms with E-state index in [1.54, 1.807) is 7.11 Å². The summed E-state index contributed by atoms with van der Waals surface area (Å²) in [5, 5.41) is 3.19. The molecule has 3 N–H and O–H groups in total. The molecular weight excluding hydrogens is 336 g/mol. The summed E-state index contributed by atoms with van der Waals surface area (Å²) in [4.78, 5) is 12.8. The van der Waals surface area contributed by atoms with Gasteiger partial charge >= 0.3 is 0 Å². The molecule has 1 amide bonds. The van der Waals surface area contributed by atoms with E-state index in [1.807, 2.05) is 25.1 Å². The van der Waals surface area contributed by atoms with Crippen LogP contribution in [0.5, 0.6) is 5.75 Å². The van der Waals surface area contributed by atoms with Crippen molar-refractivity contribution in [3.8, 4) is 16.9 Å². The average molecular weight is 364 g/mol. The van der Waals surface area contributed by atoms with Crippen LogP contribution < -0.4 is 15.8 Å². The Morgan fingerprint density at radius 2 is 1.81 bits per heavy atom. The number of benzene rings is 2. The molecule has 2 aliphatic rings. The number of nitrogens with two attached hydrogens (primary N) is 1. The zero-order valence-electron chi connectivity index (χ0n) is 16.0. The summed E-state index contributed by atoms with van der Waals surface area (Å²) >= 11 is 0. The number of fused-ring (bicyclic) bond motifs is 2. The first kappa shape index (κ1) is 18.1. The van der Waals surface area contributed by atoms with Crippen LogP contribution in [0.2, 0.25) is 0 Å². The Morgan fingerprint density at radius 3 is 2.48 bits per heavy atom. The molecule has 2 aromatic carbocycles. The van der Waals surface area contributed by atoms with Crippen molar-refractivity contribution in [2.75, 3.05) is 7.11 Å². The van der Waals surface area contributed by atoms with Gasteiger partial charge in [0.1, 0.15) is 5.75 Å². The summed E-state index contributed by atoms with van der Waals surface area (Å²) in [6.45, 7) is 2.04. The minimum atomic E-state index is -0.0319. The number of amides is 1. The van der Waals surface area contributed by atoms with E-state index < -0.39 is 0 Å². The first-order chi connectivity index (χ1) is 13.1. The molecule has 142 valence electrons. The highest BCUT2D eigenvalue weighted by atomic mass is 16.5. The zero-order chi connectivity index (χ0) is 19.0. The summed E-state index contributed by atoms with van der Waals surface area (Å²) in [6, 6.07) is 16.3. The predicted octanol–water partition coefficient (Wildman–Crippen LogP) is 3.91. The van der Waals surface area contributed by atoms with E-state index in [0.717, 1.165) is 35.3 Å². The van der Waals surface area contributed by atoms with Crippen molar-refractivity contribution < 1.29 is 9.53 Å². The van der Waals surface area contributed by atoms with Gasteiger partial charge in [-0.25, -0.2) is 0 Å². The first-order valence-electron chi connectivity index (χ1n) is 9.87. The van der Waals surface area contributed by atoms with Gasteiger partial charge in [0.25, 0.3) is 0 Å². The van der Waals surface area contributed by atoms with Crippen LogP contribution >= 0.6 is 0 Å². The fourth-order valence-electron chi connectivity index (χ4n) is 4.95. The van der Waals surface area contributed by atoms with Crippen LogP contribution in [0, 0.1) is 17.8 Å². The Bertz CT molecular complexity index is 815. The Morgan fingerprint density at radius 1 is 1.11 bits per heavy atom. The zero-order valence-corrected chi connectivity index (χ0v) is 16.0. The third kappa shape index (κ3) is 3.34. The quantitative estimate of drug-likeness (QED) is 0.845. The number of para-hydroxylation sites is 1. The number of nitrogens with one attached hydrogen (secondary N) is 1. The van der Waals surface area contributed by atoms with E-state index >= 15 is 0 Å². The highest BCUT2D eigenvalue weighted by Gasteiger charge is 2.49. The molecule has 2 aliphatic carbocycles. The van der Waals surface area contributed by atoms with Gasteiger partial charge in [0.2, 0.25) is 5.91 Å². The Kier molecular flexibility index (Phi) is 4.92. The van der Waals surface area contributed by atoms with E-state index in [1.165, 1.54) is 6.42 Å². The second-order valence-electron chi connectivity index (χ2n) is 7.99. The van der Waals surface area contributed by atoms with Crippen LogP contribution in [0.3, 0.4) is 0 Å². The number of methoxy groups -OCH3 is 1. The van der Waals surface area contributed by atoms with Gasteiger partial charge in [-0.2, -0.15) is 0 Å². The number of ether oxygens (including phenoxy) is 1. The summed E-state index contributed by atoms with van der Waals surface area (Å²) in [5.74, 6) is 1.98. The molecule has 5 atom stereocenters. The van der Waals surface area contributed by atoms with Crippen molar-refractivity contribution in [2.24, 2.45) is 23.5 Å². The maximum absolute atomic E-state index is 12.8. The van der Waals surface area contributed by atoms with Gasteiger partial charge in [0.15, 0.2) is 0 Å². The lowest BCUT2D eigenvalue weighted by Gasteiger charge is -2.28. The number of carbonyl (C=O) groups excluding carboxylic acids is 1. The molecule has 4 heteroatoms. The van der Waals surface area contributed by atoms with Crippen LogP contribution in [0.15, 0.2) is 48.5 Å². The molecule has 2 bridgehead atoms. The van der Waals surface area contributed by atoms with Crippen LogP contribution in [-0.2, 0) is 4.79 Å². The molecular formula is C23H28N2O2. The third-order valence-corrected chi connectivity index (χ3v) is 6.47. The van der Waals surface area contributed by atoms with Gasteiger partial charge in [0, 0.05) is 11.6 Å². The highest BCUT2D eigenvalue weighted by molar-refractivity contribution is 5.81. The van der Waals surface area contributed by atoms with Gasteiger partial charge in [-0.3, -0.25) is 4.79 Å². The molecule has 5 unspecified atom stereocenters. The first-order valence-corrected chi connectivity index (χ1v) is 9.87. The molecule has 0 spiro atoms. The van der Waals surface area contributed by atoms with E-state index in [2.05, 4.69) is 35.6 Å². The molecule has 4 rings (SSSR count). The number of rotatable bonds is 5. The van der Waals surface area contributed by atoms with Crippen molar-refractivity contribution in [3.63, 3.8) is 0 Å². The third-order valence-electron chi connectivity index (χ3n) is 6.47. The lowest BCUT2D eigenvalue weighted by molar-refractivity contribution is -0.127. The molecule has 0 aromatic heterocycles. The molecule has 0 heterocycles. The van der Waals surface area contributed by atoms with Gasteiger partial charge in [-0.1, -0.05) is 42.5 Å². The minimum absolute atomic E-state index is 0.0148. The molecule has 0 radical (unpaired) electrons. The maximum atomic E-state index is 12.8. The standard InChI is InChI=1S/C23H28N2O2/c1-14(25-23(26)21-17-11-12-18(13-17)22(21)24)15-7-9-16(10-8-15)19-5-3-4-6-20(19)27-2/h3-10,14,17-18,21-22H,11-13,24H2,1-2H3,(H,25,26). The van der Waals surface area contributed by atoms with E-state index in [4.69, 9.17) is 10.5 Å². The second-order valence-corrected chi connectivity index (χ2v) is 7.99.